The van der Waals surface area contributed by atoms with Crippen LogP contribution in [0.2, 0.25) is 0 Å². The van der Waals surface area contributed by atoms with E-state index < -0.39 is 17.6 Å². The average molecular weight is 322 g/mol. The number of ketones is 1. The average Bonchev–Trinajstić information content (AvgIpc) is 2.73. The highest BCUT2D eigenvalue weighted by Crippen LogP contribution is 2.65. The Morgan fingerprint density at radius 1 is 1.04 bits per heavy atom. The fraction of sp³-hybridized carbons (Fsp3) is 0.947. The molecule has 9 atom stereocenters. The number of carbonyl (C=O) groups excluding carboxylic acids is 1. The van der Waals surface area contributed by atoms with Crippen LogP contribution in [-0.2, 0) is 4.79 Å². The van der Waals surface area contributed by atoms with Gasteiger partial charge in [0.25, 0.3) is 0 Å². The molecule has 0 amide bonds. The van der Waals surface area contributed by atoms with Gasteiger partial charge in [0.2, 0.25) is 0 Å². The number of fused-ring (bicyclic) bond motifs is 5. The molecule has 0 aromatic heterocycles. The van der Waals surface area contributed by atoms with Crippen molar-refractivity contribution >= 4 is 5.78 Å². The summed E-state index contributed by atoms with van der Waals surface area (Å²) in [4.78, 5) is 12.5. The lowest BCUT2D eigenvalue weighted by Crippen LogP contribution is -2.59. The SMILES string of the molecule is C[C@]12CC[C@@H](O)C[C@@H]1CC[C@H]1[C@@H]3[C@@H](O)CC(=O)[C@@]3(C)[C@H](O)C[C@@H]12. The van der Waals surface area contributed by atoms with E-state index in [1.807, 2.05) is 6.92 Å². The molecule has 0 spiro atoms. The molecule has 4 fully saturated rings. The second kappa shape index (κ2) is 5.03. The molecule has 4 saturated carbocycles. The zero-order valence-corrected chi connectivity index (χ0v) is 14.2. The van der Waals surface area contributed by atoms with E-state index in [0.29, 0.717) is 24.2 Å². The van der Waals surface area contributed by atoms with Crippen molar-refractivity contribution in [3.05, 3.63) is 0 Å². The van der Waals surface area contributed by atoms with E-state index in [-0.39, 0.29) is 29.6 Å². The molecule has 23 heavy (non-hydrogen) atoms. The molecule has 3 N–H and O–H groups in total. The van der Waals surface area contributed by atoms with Gasteiger partial charge in [-0.3, -0.25) is 4.79 Å². The lowest BCUT2D eigenvalue weighted by Gasteiger charge is -2.61. The molecule has 0 aliphatic heterocycles. The van der Waals surface area contributed by atoms with Crippen LogP contribution in [0.15, 0.2) is 0 Å². The molecule has 4 aliphatic rings. The first-order valence-electron chi connectivity index (χ1n) is 9.36. The third-order valence-electron chi connectivity index (χ3n) is 8.45. The Kier molecular flexibility index (Phi) is 3.51. The van der Waals surface area contributed by atoms with Gasteiger partial charge >= 0.3 is 0 Å². The normalized spacial score (nSPS) is 59.2. The number of hydrogen-bond donors (Lipinski definition) is 3. The Labute approximate surface area is 138 Å². The molecule has 4 nitrogen and oxygen atoms in total. The minimum absolute atomic E-state index is 0.0484. The van der Waals surface area contributed by atoms with Gasteiger partial charge in [-0.15, -0.1) is 0 Å². The van der Waals surface area contributed by atoms with Crippen molar-refractivity contribution in [2.75, 3.05) is 0 Å². The molecule has 0 aromatic rings. The van der Waals surface area contributed by atoms with Crippen LogP contribution in [0.5, 0.6) is 0 Å². The highest BCUT2D eigenvalue weighted by Gasteiger charge is 2.65. The molecule has 0 aromatic carbocycles. The molecule has 0 radical (unpaired) electrons. The van der Waals surface area contributed by atoms with Crippen molar-refractivity contribution in [1.82, 2.24) is 0 Å². The van der Waals surface area contributed by atoms with Gasteiger partial charge in [0.15, 0.2) is 0 Å². The first kappa shape index (κ1) is 16.0. The fourth-order valence-electron chi connectivity index (χ4n) is 7.04. The van der Waals surface area contributed by atoms with Gasteiger partial charge in [-0.05, 0) is 68.6 Å². The summed E-state index contributed by atoms with van der Waals surface area (Å²) < 4.78 is 0. The van der Waals surface area contributed by atoms with Crippen molar-refractivity contribution in [3.8, 4) is 0 Å². The third kappa shape index (κ3) is 1.98. The summed E-state index contributed by atoms with van der Waals surface area (Å²) in [5.74, 6) is 1.17. The first-order valence-corrected chi connectivity index (χ1v) is 9.36. The number of carbonyl (C=O) groups is 1. The van der Waals surface area contributed by atoms with E-state index in [1.165, 1.54) is 0 Å². The molecule has 0 bridgehead atoms. The predicted molar refractivity (Wildman–Crippen MR) is 85.5 cm³/mol. The Hall–Kier alpha value is -0.450. The van der Waals surface area contributed by atoms with Gasteiger partial charge in [-0.2, -0.15) is 0 Å². The van der Waals surface area contributed by atoms with Crippen LogP contribution in [0, 0.1) is 34.5 Å². The second-order valence-corrected chi connectivity index (χ2v) is 9.23. The van der Waals surface area contributed by atoms with Crippen LogP contribution < -0.4 is 0 Å². The lowest BCUT2D eigenvalue weighted by atomic mass is 9.44. The lowest BCUT2D eigenvalue weighted by molar-refractivity contribution is -0.178. The highest BCUT2D eigenvalue weighted by atomic mass is 16.3. The monoisotopic (exact) mass is 322 g/mol. The molecule has 0 unspecified atom stereocenters. The molecule has 4 rings (SSSR count). The molecular weight excluding hydrogens is 292 g/mol. The minimum atomic E-state index is -0.752. The van der Waals surface area contributed by atoms with Crippen molar-refractivity contribution in [3.63, 3.8) is 0 Å². The van der Waals surface area contributed by atoms with Gasteiger partial charge in [0, 0.05) is 12.3 Å². The molecule has 130 valence electrons. The largest absolute Gasteiger partial charge is 0.393 e. The topological polar surface area (TPSA) is 77.8 Å². The van der Waals surface area contributed by atoms with Gasteiger partial charge in [0.05, 0.1) is 23.7 Å². The second-order valence-electron chi connectivity index (χ2n) is 9.23. The van der Waals surface area contributed by atoms with Crippen LogP contribution in [-0.4, -0.2) is 39.4 Å². The molecule has 4 aliphatic carbocycles. The van der Waals surface area contributed by atoms with Crippen LogP contribution >= 0.6 is 0 Å². The zero-order valence-electron chi connectivity index (χ0n) is 14.2. The summed E-state index contributed by atoms with van der Waals surface area (Å²) in [7, 11) is 0. The van der Waals surface area contributed by atoms with Gasteiger partial charge in [0.1, 0.15) is 5.78 Å². The zero-order chi connectivity index (χ0) is 16.6. The molecule has 4 heteroatoms. The summed E-state index contributed by atoms with van der Waals surface area (Å²) >= 11 is 0. The number of rotatable bonds is 0. The maximum absolute atomic E-state index is 12.5. The Morgan fingerprint density at radius 3 is 2.52 bits per heavy atom. The van der Waals surface area contributed by atoms with E-state index in [1.54, 1.807) is 0 Å². The Balaban J connectivity index is 1.71. The van der Waals surface area contributed by atoms with Crippen molar-refractivity contribution in [2.45, 2.75) is 77.1 Å². The number of Topliss-reactive ketones (excluding diaryl/α,β-unsaturated/α-hetero) is 1. The van der Waals surface area contributed by atoms with Crippen LogP contribution in [0.4, 0.5) is 0 Å². The van der Waals surface area contributed by atoms with Gasteiger partial charge in [-0.25, -0.2) is 0 Å². The van der Waals surface area contributed by atoms with E-state index in [2.05, 4.69) is 6.92 Å². The Bertz CT molecular complexity index is 519. The summed E-state index contributed by atoms with van der Waals surface area (Å²) in [6.07, 6.45) is 4.30. The first-order chi connectivity index (χ1) is 10.8. The van der Waals surface area contributed by atoms with E-state index in [9.17, 15) is 20.1 Å². The van der Waals surface area contributed by atoms with Crippen LogP contribution in [0.3, 0.4) is 0 Å². The predicted octanol–water partition coefficient (Wildman–Crippen LogP) is 1.90. The van der Waals surface area contributed by atoms with Crippen LogP contribution in [0.1, 0.15) is 58.8 Å². The number of aliphatic hydroxyl groups excluding tert-OH is 3. The molecular formula is C19H30O4. The van der Waals surface area contributed by atoms with E-state index in [4.69, 9.17) is 0 Å². The summed E-state index contributed by atoms with van der Waals surface area (Å²) in [6, 6.07) is 0. The van der Waals surface area contributed by atoms with Crippen molar-refractivity contribution in [2.24, 2.45) is 34.5 Å². The molecule has 0 saturated heterocycles. The third-order valence-corrected chi connectivity index (χ3v) is 8.45. The summed E-state index contributed by atoms with van der Waals surface area (Å²) in [6.45, 7) is 4.22. The summed E-state index contributed by atoms with van der Waals surface area (Å²) in [5, 5.41) is 31.5. The maximum Gasteiger partial charge on any atom is 0.144 e. The van der Waals surface area contributed by atoms with Gasteiger partial charge < -0.3 is 15.3 Å². The summed E-state index contributed by atoms with van der Waals surface area (Å²) in [5.41, 5.74) is -0.617. The fourth-order valence-corrected chi connectivity index (χ4v) is 7.04. The maximum atomic E-state index is 12.5. The minimum Gasteiger partial charge on any atom is -0.393 e. The quantitative estimate of drug-likeness (QED) is 0.636. The van der Waals surface area contributed by atoms with E-state index >= 15 is 0 Å². The van der Waals surface area contributed by atoms with Crippen LogP contribution in [0.25, 0.3) is 0 Å². The standard InChI is InChI=1S/C19H30O4/c1-18-6-5-11(20)7-10(18)3-4-12-13(18)8-15(22)19(2)16(23)9-14(21)17(12)19/h10-15,17,20-22H,3-9H2,1-2H3/t10-,11+,12+,13-,14-,15+,17+,18-,19+/m0/s1. The number of hydrogen-bond acceptors (Lipinski definition) is 4. The number of aliphatic hydroxyl groups is 3. The van der Waals surface area contributed by atoms with Crippen molar-refractivity contribution in [1.29, 1.82) is 0 Å². The highest BCUT2D eigenvalue weighted by molar-refractivity contribution is 5.88. The Morgan fingerprint density at radius 2 is 1.78 bits per heavy atom. The van der Waals surface area contributed by atoms with Gasteiger partial charge in [-0.1, -0.05) is 6.92 Å². The molecule has 0 heterocycles. The smallest absolute Gasteiger partial charge is 0.144 e. The van der Waals surface area contributed by atoms with E-state index in [0.717, 1.165) is 32.1 Å². The van der Waals surface area contributed by atoms with Crippen molar-refractivity contribution < 1.29 is 20.1 Å².